The number of nitrogens with zero attached hydrogens (tertiary/aromatic N) is 2. The zero-order valence-corrected chi connectivity index (χ0v) is 10.6. The van der Waals surface area contributed by atoms with Crippen LogP contribution in [-0.2, 0) is 4.79 Å². The first-order chi connectivity index (χ1) is 8.20. The van der Waals surface area contributed by atoms with Crippen molar-refractivity contribution in [3.63, 3.8) is 0 Å². The van der Waals surface area contributed by atoms with Crippen molar-refractivity contribution in [2.24, 2.45) is 0 Å². The number of carbonyl (C=O) groups excluding carboxylic acids is 1. The molecule has 17 heavy (non-hydrogen) atoms. The van der Waals surface area contributed by atoms with E-state index in [0.717, 1.165) is 30.1 Å². The van der Waals surface area contributed by atoms with Crippen molar-refractivity contribution >= 4 is 23.3 Å². The molecule has 2 heterocycles. The normalized spacial score (nSPS) is 20.4. The molecule has 0 bridgehead atoms. The third-order valence-electron chi connectivity index (χ3n) is 2.90. The minimum atomic E-state index is -0.0350. The van der Waals surface area contributed by atoms with E-state index in [1.54, 1.807) is 28.4 Å². The van der Waals surface area contributed by atoms with E-state index < -0.39 is 0 Å². The standard InChI is InChI=1S/C12H16N2O2S/c1-9-13-10(8-17-9)4-5-12(16)14-6-2-3-11(14)7-15/h4-5,8,11,15H,2-3,6-7H2,1H3/t11-/m0/s1. The molecule has 0 aromatic carbocycles. The largest absolute Gasteiger partial charge is 0.394 e. The molecule has 1 aliphatic rings. The number of carbonyl (C=O) groups is 1. The predicted molar refractivity (Wildman–Crippen MR) is 67.7 cm³/mol. The smallest absolute Gasteiger partial charge is 0.246 e. The van der Waals surface area contributed by atoms with Crippen LogP contribution in [-0.4, -0.2) is 40.1 Å². The maximum Gasteiger partial charge on any atom is 0.246 e. The summed E-state index contributed by atoms with van der Waals surface area (Å²) in [5, 5.41) is 12.1. The molecule has 1 atom stereocenters. The van der Waals surface area contributed by atoms with Crippen LogP contribution in [0.5, 0.6) is 0 Å². The van der Waals surface area contributed by atoms with Crippen LogP contribution in [0.2, 0.25) is 0 Å². The molecule has 0 radical (unpaired) electrons. The predicted octanol–water partition coefficient (Wildman–Crippen LogP) is 1.45. The second-order valence-electron chi connectivity index (χ2n) is 4.13. The number of rotatable bonds is 3. The number of likely N-dealkylation sites (tertiary alicyclic amines) is 1. The molecular formula is C12H16N2O2S. The molecule has 4 nitrogen and oxygen atoms in total. The molecule has 5 heteroatoms. The maximum atomic E-state index is 11.9. The van der Waals surface area contributed by atoms with E-state index in [0.29, 0.717) is 0 Å². The van der Waals surface area contributed by atoms with E-state index in [9.17, 15) is 4.79 Å². The van der Waals surface area contributed by atoms with Gasteiger partial charge in [-0.25, -0.2) is 4.98 Å². The molecule has 1 N–H and O–H groups in total. The van der Waals surface area contributed by atoms with Gasteiger partial charge >= 0.3 is 0 Å². The van der Waals surface area contributed by atoms with Crippen LogP contribution < -0.4 is 0 Å². The first-order valence-electron chi connectivity index (χ1n) is 5.72. The fraction of sp³-hybridized carbons (Fsp3) is 0.500. The van der Waals surface area contributed by atoms with Gasteiger partial charge in [-0.1, -0.05) is 0 Å². The Labute approximate surface area is 105 Å². The third kappa shape index (κ3) is 2.92. The molecule has 92 valence electrons. The van der Waals surface area contributed by atoms with Crippen LogP contribution in [0.15, 0.2) is 11.5 Å². The first-order valence-corrected chi connectivity index (χ1v) is 6.60. The summed E-state index contributed by atoms with van der Waals surface area (Å²) in [6.45, 7) is 2.73. The monoisotopic (exact) mass is 252 g/mol. The van der Waals surface area contributed by atoms with Gasteiger partial charge in [-0.05, 0) is 25.8 Å². The van der Waals surface area contributed by atoms with Crippen LogP contribution in [0.4, 0.5) is 0 Å². The Morgan fingerprint density at radius 1 is 1.76 bits per heavy atom. The summed E-state index contributed by atoms with van der Waals surface area (Å²) in [6.07, 6.45) is 5.15. The zero-order chi connectivity index (χ0) is 12.3. The van der Waals surface area contributed by atoms with Crippen molar-refractivity contribution in [1.82, 2.24) is 9.88 Å². The Morgan fingerprint density at radius 2 is 2.59 bits per heavy atom. The van der Waals surface area contributed by atoms with E-state index >= 15 is 0 Å². The Morgan fingerprint density at radius 3 is 3.24 bits per heavy atom. The SMILES string of the molecule is Cc1nc(C=CC(=O)N2CCC[C@H]2CO)cs1. The molecule has 0 unspecified atom stereocenters. The summed E-state index contributed by atoms with van der Waals surface area (Å²) >= 11 is 1.57. The summed E-state index contributed by atoms with van der Waals surface area (Å²) in [5.41, 5.74) is 0.820. The van der Waals surface area contributed by atoms with Gasteiger partial charge in [-0.2, -0.15) is 0 Å². The third-order valence-corrected chi connectivity index (χ3v) is 3.70. The Kier molecular flexibility index (Phi) is 3.91. The summed E-state index contributed by atoms with van der Waals surface area (Å²) < 4.78 is 0. The second-order valence-corrected chi connectivity index (χ2v) is 5.20. The highest BCUT2D eigenvalue weighted by Gasteiger charge is 2.26. The van der Waals surface area contributed by atoms with Crippen LogP contribution in [0.3, 0.4) is 0 Å². The average molecular weight is 252 g/mol. The highest BCUT2D eigenvalue weighted by molar-refractivity contribution is 7.09. The van der Waals surface area contributed by atoms with E-state index in [1.165, 1.54) is 0 Å². The van der Waals surface area contributed by atoms with Crippen molar-refractivity contribution in [3.8, 4) is 0 Å². The fourth-order valence-corrected chi connectivity index (χ4v) is 2.61. The van der Waals surface area contributed by atoms with E-state index in [2.05, 4.69) is 4.98 Å². The quantitative estimate of drug-likeness (QED) is 0.828. The van der Waals surface area contributed by atoms with Gasteiger partial charge in [0.05, 0.1) is 23.4 Å². The molecule has 1 aromatic rings. The lowest BCUT2D eigenvalue weighted by Crippen LogP contribution is -2.36. The van der Waals surface area contributed by atoms with Crippen molar-refractivity contribution in [2.45, 2.75) is 25.8 Å². The van der Waals surface area contributed by atoms with Gasteiger partial charge in [0.25, 0.3) is 0 Å². The lowest BCUT2D eigenvalue weighted by atomic mass is 10.2. The summed E-state index contributed by atoms with van der Waals surface area (Å²) in [5.74, 6) is -0.0350. The molecule has 0 spiro atoms. The molecular weight excluding hydrogens is 236 g/mol. The molecule has 0 saturated carbocycles. The van der Waals surface area contributed by atoms with E-state index in [4.69, 9.17) is 5.11 Å². The summed E-state index contributed by atoms with van der Waals surface area (Å²) in [6, 6.07) is -0.00989. The number of aryl methyl sites for hydroxylation is 1. The van der Waals surface area contributed by atoms with E-state index in [-0.39, 0.29) is 18.6 Å². The second kappa shape index (κ2) is 5.42. The number of thiazole rings is 1. The Balaban J connectivity index is 1.99. The topological polar surface area (TPSA) is 53.4 Å². The summed E-state index contributed by atoms with van der Waals surface area (Å²) in [4.78, 5) is 17.9. The van der Waals surface area contributed by atoms with Crippen LogP contribution in [0.25, 0.3) is 6.08 Å². The van der Waals surface area contributed by atoms with Crippen molar-refractivity contribution in [2.75, 3.05) is 13.2 Å². The number of hydrogen-bond donors (Lipinski definition) is 1. The minimum absolute atomic E-state index is 0.00989. The molecule has 0 aliphatic carbocycles. The minimum Gasteiger partial charge on any atom is -0.394 e. The number of aliphatic hydroxyl groups excluding tert-OH is 1. The van der Waals surface area contributed by atoms with Gasteiger partial charge in [0.15, 0.2) is 0 Å². The lowest BCUT2D eigenvalue weighted by Gasteiger charge is -2.21. The Bertz CT molecular complexity index is 428. The van der Waals surface area contributed by atoms with Crippen LogP contribution >= 0.6 is 11.3 Å². The zero-order valence-electron chi connectivity index (χ0n) is 9.80. The number of amides is 1. The fourth-order valence-electron chi connectivity index (χ4n) is 2.02. The highest BCUT2D eigenvalue weighted by atomic mass is 32.1. The number of aliphatic hydroxyl groups is 1. The van der Waals surface area contributed by atoms with Crippen LogP contribution in [0.1, 0.15) is 23.5 Å². The van der Waals surface area contributed by atoms with Gasteiger partial charge in [0.1, 0.15) is 0 Å². The van der Waals surface area contributed by atoms with Crippen molar-refractivity contribution in [3.05, 3.63) is 22.2 Å². The van der Waals surface area contributed by atoms with Crippen LogP contribution in [0, 0.1) is 6.92 Å². The van der Waals surface area contributed by atoms with Gasteiger partial charge < -0.3 is 10.0 Å². The van der Waals surface area contributed by atoms with Gasteiger partial charge in [0, 0.05) is 18.0 Å². The van der Waals surface area contributed by atoms with E-state index in [1.807, 2.05) is 12.3 Å². The average Bonchev–Trinajstić information content (AvgIpc) is 2.94. The molecule has 1 fully saturated rings. The molecule has 1 amide bonds. The number of hydrogen-bond acceptors (Lipinski definition) is 4. The molecule has 2 rings (SSSR count). The highest BCUT2D eigenvalue weighted by Crippen LogP contribution is 2.17. The number of aromatic nitrogens is 1. The Hall–Kier alpha value is -1.20. The van der Waals surface area contributed by atoms with Gasteiger partial charge in [-0.3, -0.25) is 4.79 Å². The maximum absolute atomic E-state index is 11.9. The molecule has 1 saturated heterocycles. The lowest BCUT2D eigenvalue weighted by molar-refractivity contribution is -0.127. The van der Waals surface area contributed by atoms with Gasteiger partial charge in [-0.15, -0.1) is 11.3 Å². The van der Waals surface area contributed by atoms with Crippen molar-refractivity contribution < 1.29 is 9.90 Å². The molecule has 1 aromatic heterocycles. The first kappa shape index (κ1) is 12.3. The van der Waals surface area contributed by atoms with Crippen molar-refractivity contribution in [1.29, 1.82) is 0 Å². The van der Waals surface area contributed by atoms with Gasteiger partial charge in [0.2, 0.25) is 5.91 Å². The molecule has 1 aliphatic heterocycles. The summed E-state index contributed by atoms with van der Waals surface area (Å²) in [7, 11) is 0.